The molecule has 3 rings (SSSR count). The minimum atomic E-state index is -0.420. The van der Waals surface area contributed by atoms with E-state index < -0.39 is 5.97 Å². The molecule has 0 amide bonds. The molecule has 3 aromatic rings. The zero-order chi connectivity index (χ0) is 20.6. The Morgan fingerprint density at radius 2 is 1.76 bits per heavy atom. The molecule has 0 spiro atoms. The van der Waals surface area contributed by atoms with Crippen molar-refractivity contribution in [2.24, 2.45) is 0 Å². The number of methoxy groups -OCH3 is 1. The van der Waals surface area contributed by atoms with Gasteiger partial charge in [-0.2, -0.15) is 4.98 Å². The van der Waals surface area contributed by atoms with E-state index >= 15 is 0 Å². The number of nitrogens with zero attached hydrogens (tertiary/aromatic N) is 3. The molecule has 0 bridgehead atoms. The Morgan fingerprint density at radius 3 is 2.48 bits per heavy atom. The van der Waals surface area contributed by atoms with E-state index in [1.807, 2.05) is 56.6 Å². The zero-order valence-corrected chi connectivity index (χ0v) is 16.8. The molecular formula is C22H25N5O2. The van der Waals surface area contributed by atoms with Crippen molar-refractivity contribution in [3.05, 3.63) is 66.2 Å². The number of likely N-dealkylation sites (N-methyl/N-ethyl adjacent to an activating group) is 1. The van der Waals surface area contributed by atoms with Crippen LogP contribution in [-0.4, -0.2) is 55.1 Å². The smallest absolute Gasteiger partial charge is 0.339 e. The van der Waals surface area contributed by atoms with Crippen molar-refractivity contribution < 1.29 is 9.53 Å². The van der Waals surface area contributed by atoms with Crippen molar-refractivity contribution in [1.29, 1.82) is 0 Å². The molecule has 0 aliphatic rings. The lowest BCUT2D eigenvalue weighted by atomic mass is 10.1. The maximum absolute atomic E-state index is 12.1. The number of hydrogen-bond acceptors (Lipinski definition) is 7. The summed E-state index contributed by atoms with van der Waals surface area (Å²) in [6, 6.07) is 18.9. The monoisotopic (exact) mass is 391 g/mol. The van der Waals surface area contributed by atoms with Crippen LogP contribution in [0.2, 0.25) is 0 Å². The van der Waals surface area contributed by atoms with Crippen molar-refractivity contribution in [3.8, 4) is 11.3 Å². The molecule has 0 atom stereocenters. The summed E-state index contributed by atoms with van der Waals surface area (Å²) in [4.78, 5) is 23.4. The van der Waals surface area contributed by atoms with Crippen molar-refractivity contribution >= 4 is 23.4 Å². The molecule has 0 saturated heterocycles. The summed E-state index contributed by atoms with van der Waals surface area (Å²) in [6.45, 7) is 1.62. The summed E-state index contributed by atoms with van der Waals surface area (Å²) in [6.07, 6.45) is 0. The number of benzene rings is 2. The maximum atomic E-state index is 12.1. The van der Waals surface area contributed by atoms with Crippen LogP contribution in [0.1, 0.15) is 10.4 Å². The highest BCUT2D eigenvalue weighted by molar-refractivity contribution is 5.96. The number of ether oxygens (including phenoxy) is 1. The summed E-state index contributed by atoms with van der Waals surface area (Å²) in [5.74, 6) is 0.686. The van der Waals surface area contributed by atoms with Gasteiger partial charge in [0.15, 0.2) is 0 Å². The molecule has 0 aliphatic carbocycles. The molecule has 29 heavy (non-hydrogen) atoms. The van der Waals surface area contributed by atoms with Crippen LogP contribution in [0.3, 0.4) is 0 Å². The molecule has 0 aliphatic heterocycles. The Morgan fingerprint density at radius 1 is 1.03 bits per heavy atom. The van der Waals surface area contributed by atoms with Crippen LogP contribution in [-0.2, 0) is 4.74 Å². The second-order valence-electron chi connectivity index (χ2n) is 6.72. The fourth-order valence-corrected chi connectivity index (χ4v) is 2.76. The third kappa shape index (κ3) is 5.52. The van der Waals surface area contributed by atoms with Crippen LogP contribution in [0.15, 0.2) is 60.7 Å². The van der Waals surface area contributed by atoms with Crippen molar-refractivity contribution in [2.45, 2.75) is 0 Å². The van der Waals surface area contributed by atoms with Gasteiger partial charge in [0, 0.05) is 24.7 Å². The number of nitrogens with one attached hydrogen (secondary N) is 2. The van der Waals surface area contributed by atoms with Crippen LogP contribution in [0.5, 0.6) is 0 Å². The zero-order valence-electron chi connectivity index (χ0n) is 16.8. The van der Waals surface area contributed by atoms with Crippen LogP contribution in [0, 0.1) is 0 Å². The first-order chi connectivity index (χ1) is 14.1. The number of hydrogen-bond donors (Lipinski definition) is 2. The van der Waals surface area contributed by atoms with Gasteiger partial charge in [0.1, 0.15) is 5.82 Å². The van der Waals surface area contributed by atoms with E-state index in [-0.39, 0.29) is 0 Å². The molecule has 7 nitrogen and oxygen atoms in total. The highest BCUT2D eigenvalue weighted by Gasteiger charge is 2.13. The summed E-state index contributed by atoms with van der Waals surface area (Å²) in [5.41, 5.74) is 2.77. The van der Waals surface area contributed by atoms with Crippen molar-refractivity contribution in [2.75, 3.05) is 44.9 Å². The van der Waals surface area contributed by atoms with E-state index in [2.05, 4.69) is 25.5 Å². The van der Waals surface area contributed by atoms with E-state index in [1.165, 1.54) is 7.11 Å². The molecule has 0 radical (unpaired) electrons. The lowest BCUT2D eigenvalue weighted by Crippen LogP contribution is -2.21. The summed E-state index contributed by atoms with van der Waals surface area (Å²) in [7, 11) is 5.40. The fourth-order valence-electron chi connectivity index (χ4n) is 2.76. The highest BCUT2D eigenvalue weighted by Crippen LogP contribution is 2.24. The summed E-state index contributed by atoms with van der Waals surface area (Å²) in [5, 5.41) is 6.50. The highest BCUT2D eigenvalue weighted by atomic mass is 16.5. The summed E-state index contributed by atoms with van der Waals surface area (Å²) < 4.78 is 4.87. The van der Waals surface area contributed by atoms with E-state index in [1.54, 1.807) is 18.2 Å². The van der Waals surface area contributed by atoms with Gasteiger partial charge >= 0.3 is 5.97 Å². The van der Waals surface area contributed by atoms with Gasteiger partial charge in [-0.05, 0) is 26.2 Å². The van der Waals surface area contributed by atoms with Gasteiger partial charge in [0.2, 0.25) is 5.95 Å². The Balaban J connectivity index is 1.94. The first-order valence-corrected chi connectivity index (χ1v) is 9.34. The third-order valence-corrected chi connectivity index (χ3v) is 4.24. The van der Waals surface area contributed by atoms with E-state index in [0.717, 1.165) is 24.3 Å². The Labute approximate surface area is 170 Å². The third-order valence-electron chi connectivity index (χ3n) is 4.24. The standard InChI is InChI=1S/C22H25N5O2/c1-27(2)14-13-23-20-15-19(16-9-5-4-6-10-16)25-22(26-20)24-18-12-8-7-11-17(18)21(28)29-3/h4-12,15H,13-14H2,1-3H3,(H2,23,24,25,26). The second kappa shape index (κ2) is 9.66. The maximum Gasteiger partial charge on any atom is 0.339 e. The number of aromatic nitrogens is 2. The van der Waals surface area contributed by atoms with E-state index in [0.29, 0.717) is 23.0 Å². The Bertz CT molecular complexity index is 960. The number of esters is 1. The number of carbonyl (C=O) groups excluding carboxylic acids is 1. The normalized spacial score (nSPS) is 10.6. The van der Waals surface area contributed by atoms with Gasteiger partial charge in [0.05, 0.1) is 24.1 Å². The molecule has 1 heterocycles. The van der Waals surface area contributed by atoms with Crippen molar-refractivity contribution in [3.63, 3.8) is 0 Å². The molecular weight excluding hydrogens is 366 g/mol. The average molecular weight is 391 g/mol. The fraction of sp³-hybridized carbons (Fsp3) is 0.227. The Hall–Kier alpha value is -3.45. The number of anilines is 3. The van der Waals surface area contributed by atoms with Gasteiger partial charge in [-0.15, -0.1) is 0 Å². The molecule has 2 N–H and O–H groups in total. The molecule has 1 aromatic heterocycles. The summed E-state index contributed by atoms with van der Waals surface area (Å²) >= 11 is 0. The lowest BCUT2D eigenvalue weighted by molar-refractivity contribution is 0.0602. The molecule has 0 unspecified atom stereocenters. The first-order valence-electron chi connectivity index (χ1n) is 9.34. The SMILES string of the molecule is COC(=O)c1ccccc1Nc1nc(NCCN(C)C)cc(-c2ccccc2)n1. The van der Waals surface area contributed by atoms with Gasteiger partial charge in [0.25, 0.3) is 0 Å². The number of para-hydroxylation sites is 1. The topological polar surface area (TPSA) is 79.4 Å². The largest absolute Gasteiger partial charge is 0.465 e. The molecule has 150 valence electrons. The number of rotatable bonds is 8. The molecule has 0 fully saturated rings. The molecule has 2 aromatic carbocycles. The van der Waals surface area contributed by atoms with Gasteiger partial charge < -0.3 is 20.3 Å². The van der Waals surface area contributed by atoms with E-state index in [9.17, 15) is 4.79 Å². The first kappa shape index (κ1) is 20.3. The lowest BCUT2D eigenvalue weighted by Gasteiger charge is -2.14. The Kier molecular flexibility index (Phi) is 6.76. The van der Waals surface area contributed by atoms with Gasteiger partial charge in [-0.3, -0.25) is 0 Å². The van der Waals surface area contributed by atoms with Crippen LogP contribution >= 0.6 is 0 Å². The average Bonchev–Trinajstić information content (AvgIpc) is 2.74. The van der Waals surface area contributed by atoms with Crippen LogP contribution in [0.4, 0.5) is 17.5 Å². The minimum Gasteiger partial charge on any atom is -0.465 e. The predicted molar refractivity (Wildman–Crippen MR) is 116 cm³/mol. The van der Waals surface area contributed by atoms with Gasteiger partial charge in [-0.25, -0.2) is 9.78 Å². The van der Waals surface area contributed by atoms with Crippen LogP contribution in [0.25, 0.3) is 11.3 Å². The minimum absolute atomic E-state index is 0.398. The quantitative estimate of drug-likeness (QED) is 0.568. The van der Waals surface area contributed by atoms with Gasteiger partial charge in [-0.1, -0.05) is 42.5 Å². The van der Waals surface area contributed by atoms with Crippen LogP contribution < -0.4 is 10.6 Å². The predicted octanol–water partition coefficient (Wildman–Crippen LogP) is 3.65. The number of carbonyl (C=O) groups is 1. The van der Waals surface area contributed by atoms with E-state index in [4.69, 9.17) is 4.74 Å². The van der Waals surface area contributed by atoms with Crippen molar-refractivity contribution in [1.82, 2.24) is 14.9 Å². The second-order valence-corrected chi connectivity index (χ2v) is 6.72. The molecule has 7 heteroatoms. The molecule has 0 saturated carbocycles.